The fourth-order valence-electron chi connectivity index (χ4n) is 2.58. The Morgan fingerprint density at radius 3 is 1.96 bits per heavy atom. The number of ether oxygens (including phenoxy) is 2. The predicted molar refractivity (Wildman–Crippen MR) is 99.8 cm³/mol. The Morgan fingerprint density at radius 1 is 0.840 bits per heavy atom. The first-order valence-corrected chi connectivity index (χ1v) is 9.57. The molecule has 0 aliphatic carbocycles. The summed E-state index contributed by atoms with van der Waals surface area (Å²) in [4.78, 5) is 24.6. The van der Waals surface area contributed by atoms with Crippen LogP contribution in [0, 0.1) is 5.92 Å². The van der Waals surface area contributed by atoms with Crippen LogP contribution in [0.25, 0.3) is 0 Å². The highest BCUT2D eigenvalue weighted by Crippen LogP contribution is 2.15. The van der Waals surface area contributed by atoms with E-state index in [2.05, 4.69) is 20.8 Å². The number of esters is 2. The zero-order valence-electron chi connectivity index (χ0n) is 15.9. The minimum absolute atomic E-state index is 0.282. The summed E-state index contributed by atoms with van der Waals surface area (Å²) in [5.41, 5.74) is 0.565. The number of rotatable bonds is 12. The second-order valence-corrected chi connectivity index (χ2v) is 6.38. The van der Waals surface area contributed by atoms with E-state index in [9.17, 15) is 9.59 Å². The Labute approximate surface area is 151 Å². The summed E-state index contributed by atoms with van der Waals surface area (Å²) in [6, 6.07) is 6.70. The molecule has 0 unspecified atom stereocenters. The summed E-state index contributed by atoms with van der Waals surface area (Å²) in [7, 11) is 0. The summed E-state index contributed by atoms with van der Waals surface area (Å²) in [5.74, 6) is -0.556. The molecule has 0 saturated carbocycles. The molecule has 4 nitrogen and oxygen atoms in total. The molecule has 0 radical (unpaired) electrons. The van der Waals surface area contributed by atoms with Gasteiger partial charge in [0.15, 0.2) is 0 Å². The van der Waals surface area contributed by atoms with E-state index in [1.807, 2.05) is 0 Å². The Morgan fingerprint density at radius 2 is 1.40 bits per heavy atom. The summed E-state index contributed by atoms with van der Waals surface area (Å²) < 4.78 is 10.7. The molecule has 4 heteroatoms. The molecule has 0 aromatic heterocycles. The zero-order chi connectivity index (χ0) is 18.5. The molecule has 0 aliphatic heterocycles. The van der Waals surface area contributed by atoms with Gasteiger partial charge in [0.25, 0.3) is 0 Å². The van der Waals surface area contributed by atoms with Gasteiger partial charge in [0.05, 0.1) is 24.3 Å². The van der Waals surface area contributed by atoms with Gasteiger partial charge in [-0.05, 0) is 24.5 Å². The molecule has 0 atom stereocenters. The van der Waals surface area contributed by atoms with Crippen molar-refractivity contribution in [1.29, 1.82) is 0 Å². The van der Waals surface area contributed by atoms with Gasteiger partial charge in [-0.2, -0.15) is 0 Å². The van der Waals surface area contributed by atoms with E-state index < -0.39 is 11.9 Å². The van der Waals surface area contributed by atoms with E-state index in [1.54, 1.807) is 24.3 Å². The Balaban J connectivity index is 2.57. The van der Waals surface area contributed by atoms with Crippen molar-refractivity contribution in [3.8, 4) is 0 Å². The van der Waals surface area contributed by atoms with Gasteiger partial charge in [-0.1, -0.05) is 71.4 Å². The molecule has 1 rings (SSSR count). The van der Waals surface area contributed by atoms with Gasteiger partial charge in [-0.3, -0.25) is 0 Å². The molecular weight excluding hydrogens is 316 g/mol. The molecule has 1 aromatic carbocycles. The first-order valence-electron chi connectivity index (χ1n) is 9.57. The highest BCUT2D eigenvalue weighted by molar-refractivity contribution is 6.03. The van der Waals surface area contributed by atoms with Crippen molar-refractivity contribution in [3.05, 3.63) is 35.4 Å². The van der Waals surface area contributed by atoms with Crippen molar-refractivity contribution in [2.75, 3.05) is 13.2 Å². The molecule has 0 amide bonds. The van der Waals surface area contributed by atoms with Crippen LogP contribution in [0.5, 0.6) is 0 Å². The largest absolute Gasteiger partial charge is 0.462 e. The van der Waals surface area contributed by atoms with Crippen LogP contribution in [0.2, 0.25) is 0 Å². The van der Waals surface area contributed by atoms with Crippen molar-refractivity contribution in [1.82, 2.24) is 0 Å². The molecule has 1 aromatic rings. The summed E-state index contributed by atoms with van der Waals surface area (Å²) in [6.45, 7) is 7.09. The number of hydrogen-bond donors (Lipinski definition) is 0. The number of unbranched alkanes of at least 4 members (excludes halogenated alkanes) is 4. The third kappa shape index (κ3) is 7.72. The fraction of sp³-hybridized carbons (Fsp3) is 0.619. The van der Waals surface area contributed by atoms with E-state index in [0.29, 0.717) is 19.1 Å². The Bertz CT molecular complexity index is 520. The second kappa shape index (κ2) is 12.5. The average Bonchev–Trinajstić information content (AvgIpc) is 2.65. The maximum atomic E-state index is 12.3. The molecule has 0 N–H and O–H groups in total. The molecule has 0 heterocycles. The van der Waals surface area contributed by atoms with Gasteiger partial charge in [-0.15, -0.1) is 0 Å². The minimum atomic E-state index is -0.456. The van der Waals surface area contributed by atoms with Gasteiger partial charge in [0.2, 0.25) is 0 Å². The van der Waals surface area contributed by atoms with Gasteiger partial charge in [0, 0.05) is 0 Å². The SMILES string of the molecule is CCCCCCCOC(=O)c1ccccc1C(=O)OCC(CC)CC. The monoisotopic (exact) mass is 348 g/mol. The van der Waals surface area contributed by atoms with Crippen LogP contribution in [0.4, 0.5) is 0 Å². The van der Waals surface area contributed by atoms with Crippen LogP contribution in [0.1, 0.15) is 86.4 Å². The standard InChI is InChI=1S/C21H32O4/c1-4-7-8-9-12-15-24-20(22)18-13-10-11-14-19(18)21(23)25-16-17(5-2)6-3/h10-11,13-14,17H,4-9,12,15-16H2,1-3H3. The van der Waals surface area contributed by atoms with Crippen LogP contribution in [-0.2, 0) is 9.47 Å². The number of hydrogen-bond acceptors (Lipinski definition) is 4. The fourth-order valence-corrected chi connectivity index (χ4v) is 2.58. The lowest BCUT2D eigenvalue weighted by atomic mass is 10.0. The quantitative estimate of drug-likeness (QED) is 0.374. The number of carbonyl (C=O) groups is 2. The van der Waals surface area contributed by atoms with Crippen LogP contribution < -0.4 is 0 Å². The summed E-state index contributed by atoms with van der Waals surface area (Å²) >= 11 is 0. The topological polar surface area (TPSA) is 52.6 Å². The highest BCUT2D eigenvalue weighted by atomic mass is 16.5. The molecule has 0 bridgehead atoms. The van der Waals surface area contributed by atoms with Crippen LogP contribution in [0.3, 0.4) is 0 Å². The van der Waals surface area contributed by atoms with E-state index in [-0.39, 0.29) is 11.1 Å². The predicted octanol–water partition coefficient (Wildman–Crippen LogP) is 5.41. The number of carbonyl (C=O) groups excluding carboxylic acids is 2. The summed E-state index contributed by atoms with van der Waals surface area (Å²) in [6.07, 6.45) is 7.39. The molecule has 0 fully saturated rings. The second-order valence-electron chi connectivity index (χ2n) is 6.38. The molecule has 25 heavy (non-hydrogen) atoms. The molecule has 140 valence electrons. The lowest BCUT2D eigenvalue weighted by molar-refractivity contribution is 0.0408. The maximum Gasteiger partial charge on any atom is 0.339 e. The first-order chi connectivity index (χ1) is 12.1. The van der Waals surface area contributed by atoms with E-state index in [1.165, 1.54) is 12.8 Å². The van der Waals surface area contributed by atoms with Crippen molar-refractivity contribution >= 4 is 11.9 Å². The Kier molecular flexibility index (Phi) is 10.6. The maximum absolute atomic E-state index is 12.3. The highest BCUT2D eigenvalue weighted by Gasteiger charge is 2.19. The molecule has 0 saturated heterocycles. The van der Waals surface area contributed by atoms with E-state index in [0.717, 1.165) is 32.1 Å². The first kappa shape index (κ1) is 21.2. The zero-order valence-corrected chi connectivity index (χ0v) is 15.9. The van der Waals surface area contributed by atoms with Gasteiger partial charge in [-0.25, -0.2) is 9.59 Å². The van der Waals surface area contributed by atoms with Crippen molar-refractivity contribution in [3.63, 3.8) is 0 Å². The van der Waals surface area contributed by atoms with Gasteiger partial charge >= 0.3 is 11.9 Å². The Hall–Kier alpha value is -1.84. The normalized spacial score (nSPS) is 10.7. The van der Waals surface area contributed by atoms with Crippen LogP contribution in [-0.4, -0.2) is 25.2 Å². The van der Waals surface area contributed by atoms with Gasteiger partial charge < -0.3 is 9.47 Å². The molecule has 0 spiro atoms. The van der Waals surface area contributed by atoms with Crippen molar-refractivity contribution < 1.29 is 19.1 Å². The molecule has 0 aliphatic rings. The third-order valence-electron chi connectivity index (χ3n) is 4.45. The third-order valence-corrected chi connectivity index (χ3v) is 4.45. The van der Waals surface area contributed by atoms with Crippen molar-refractivity contribution in [2.24, 2.45) is 5.92 Å². The van der Waals surface area contributed by atoms with E-state index in [4.69, 9.17) is 9.47 Å². The van der Waals surface area contributed by atoms with Crippen molar-refractivity contribution in [2.45, 2.75) is 65.7 Å². The van der Waals surface area contributed by atoms with Crippen LogP contribution in [0.15, 0.2) is 24.3 Å². The lowest BCUT2D eigenvalue weighted by Gasteiger charge is -2.14. The number of benzene rings is 1. The summed E-state index contributed by atoms with van der Waals surface area (Å²) in [5, 5.41) is 0. The lowest BCUT2D eigenvalue weighted by Crippen LogP contribution is -2.17. The minimum Gasteiger partial charge on any atom is -0.462 e. The smallest absolute Gasteiger partial charge is 0.339 e. The van der Waals surface area contributed by atoms with Crippen LogP contribution >= 0.6 is 0 Å². The molecular formula is C21H32O4. The van der Waals surface area contributed by atoms with Gasteiger partial charge in [0.1, 0.15) is 0 Å². The van der Waals surface area contributed by atoms with E-state index >= 15 is 0 Å². The average molecular weight is 348 g/mol.